The number of nitrogens with one attached hydrogen (secondary N) is 1. The number of β-amino-alcohol motifs (C(OH)–C–C–N with tert-alkyl or cyclic N) is 1. The van der Waals surface area contributed by atoms with E-state index in [0.717, 1.165) is 79.2 Å². The molecule has 6 heterocycles. The largest absolute Gasteiger partial charge is 0.461 e. The van der Waals surface area contributed by atoms with Crippen molar-refractivity contribution in [1.29, 1.82) is 0 Å². The summed E-state index contributed by atoms with van der Waals surface area (Å²) in [6.07, 6.45) is 10.3. The monoisotopic (exact) mass is 601 g/mol. The lowest BCUT2D eigenvalue weighted by atomic mass is 9.92. The maximum atomic E-state index is 17.0. The summed E-state index contributed by atoms with van der Waals surface area (Å²) in [6, 6.07) is 2.24. The van der Waals surface area contributed by atoms with Crippen molar-refractivity contribution in [2.75, 3.05) is 44.8 Å². The second-order valence-corrected chi connectivity index (χ2v) is 13.7. The van der Waals surface area contributed by atoms with E-state index >= 15 is 4.39 Å². The van der Waals surface area contributed by atoms with Gasteiger partial charge in [0, 0.05) is 43.9 Å². The number of ether oxygens (including phenoxy) is 2. The maximum Gasteiger partial charge on any atom is 0.319 e. The number of halogens is 1. The van der Waals surface area contributed by atoms with Crippen molar-refractivity contribution >= 4 is 27.6 Å². The zero-order chi connectivity index (χ0) is 30.2. The minimum atomic E-state index is -0.877. The van der Waals surface area contributed by atoms with Crippen LogP contribution in [0.4, 0.5) is 10.2 Å². The molecule has 10 nitrogen and oxygen atoms in total. The smallest absolute Gasteiger partial charge is 0.319 e. The van der Waals surface area contributed by atoms with Gasteiger partial charge < -0.3 is 19.5 Å². The number of aromatic nitrogens is 5. The van der Waals surface area contributed by atoms with Gasteiger partial charge >= 0.3 is 6.01 Å². The third kappa shape index (κ3) is 4.62. The van der Waals surface area contributed by atoms with Crippen LogP contribution in [0.25, 0.3) is 33.1 Å². The van der Waals surface area contributed by atoms with Crippen LogP contribution in [-0.4, -0.2) is 92.3 Å². The summed E-state index contributed by atoms with van der Waals surface area (Å²) in [5, 5.41) is 19.7. The lowest BCUT2D eigenvalue weighted by Gasteiger charge is -2.38. The number of piperidine rings is 1. The van der Waals surface area contributed by atoms with Gasteiger partial charge in [-0.05, 0) is 88.4 Å². The molecule has 11 heteroatoms. The van der Waals surface area contributed by atoms with E-state index in [4.69, 9.17) is 24.4 Å². The molecule has 232 valence electrons. The van der Waals surface area contributed by atoms with Crippen molar-refractivity contribution in [3.05, 3.63) is 35.4 Å². The van der Waals surface area contributed by atoms with Crippen LogP contribution in [0.2, 0.25) is 0 Å². The first-order valence-corrected chi connectivity index (χ1v) is 16.0. The molecule has 2 N–H and O–H groups in total. The van der Waals surface area contributed by atoms with Crippen LogP contribution in [0.3, 0.4) is 0 Å². The molecule has 1 saturated carbocycles. The quantitative estimate of drug-likeness (QED) is 0.306. The van der Waals surface area contributed by atoms with Gasteiger partial charge in [-0.25, -0.2) is 4.39 Å². The van der Waals surface area contributed by atoms with Gasteiger partial charge in [0.2, 0.25) is 0 Å². The predicted octanol–water partition coefficient (Wildman–Crippen LogP) is 4.88. The fourth-order valence-corrected chi connectivity index (χ4v) is 8.12. The summed E-state index contributed by atoms with van der Waals surface area (Å²) in [5.74, 6) is 0.438. The lowest BCUT2D eigenvalue weighted by molar-refractivity contribution is 0.0447. The predicted molar refractivity (Wildman–Crippen MR) is 166 cm³/mol. The number of aliphatic hydroxyl groups is 1. The highest BCUT2D eigenvalue weighted by molar-refractivity contribution is 5.99. The Morgan fingerprint density at radius 1 is 1.14 bits per heavy atom. The molecule has 3 aromatic heterocycles. The first kappa shape index (κ1) is 28.1. The summed E-state index contributed by atoms with van der Waals surface area (Å²) in [7, 11) is 1.77. The second-order valence-electron chi connectivity index (χ2n) is 13.7. The number of hydrogen-bond acceptors (Lipinski definition) is 9. The number of methoxy groups -OCH3 is 1. The molecule has 0 amide bonds. The molecular weight excluding hydrogens is 561 g/mol. The van der Waals surface area contributed by atoms with Crippen LogP contribution in [0.5, 0.6) is 6.01 Å². The van der Waals surface area contributed by atoms with Gasteiger partial charge in [0.05, 0.1) is 34.3 Å². The van der Waals surface area contributed by atoms with Crippen LogP contribution >= 0.6 is 0 Å². The van der Waals surface area contributed by atoms with E-state index in [1.165, 1.54) is 0 Å². The van der Waals surface area contributed by atoms with Gasteiger partial charge in [-0.1, -0.05) is 0 Å². The van der Waals surface area contributed by atoms with Crippen molar-refractivity contribution in [3.63, 3.8) is 0 Å². The van der Waals surface area contributed by atoms with E-state index in [9.17, 15) is 5.11 Å². The average Bonchev–Trinajstić information content (AvgIpc) is 3.43. The van der Waals surface area contributed by atoms with Crippen LogP contribution in [0.15, 0.2) is 18.5 Å². The molecule has 0 spiro atoms. The van der Waals surface area contributed by atoms with Crippen LogP contribution in [-0.2, 0) is 4.74 Å². The molecular formula is C33H40FN7O3. The number of H-pyrrole nitrogens is 1. The number of pyridine rings is 1. The molecule has 44 heavy (non-hydrogen) atoms. The Morgan fingerprint density at radius 2 is 1.98 bits per heavy atom. The molecule has 4 fully saturated rings. The standard InChI is InChI=1S/C33H40FN7O3/c1-19-12-24-22(15-36-39-24)26(25(19)20-6-7-20)29-27(34)28-23(14-35-29)30(40-10-4-8-32(2,42)17-40)38-31(37-28)44-18-33-9-5-11-41(33)16-21(13-33)43-3/h12,14-15,20-21,42H,4-11,13,16-18H2,1-3H3,(H,36,39)/t21-,32+,33-/m0/s1. The fourth-order valence-electron chi connectivity index (χ4n) is 8.12. The number of rotatable bonds is 7. The molecule has 1 aromatic carbocycles. The lowest BCUT2D eigenvalue weighted by Crippen LogP contribution is -2.46. The average molecular weight is 602 g/mol. The minimum absolute atomic E-state index is 0.135. The first-order valence-electron chi connectivity index (χ1n) is 16.0. The molecule has 3 aliphatic heterocycles. The van der Waals surface area contributed by atoms with Crippen LogP contribution in [0.1, 0.15) is 68.9 Å². The Labute approximate surface area is 256 Å². The highest BCUT2D eigenvalue weighted by atomic mass is 19.1. The number of nitrogens with zero attached hydrogens (tertiary/aromatic N) is 6. The molecule has 8 rings (SSSR count). The topological polar surface area (TPSA) is 113 Å². The third-order valence-electron chi connectivity index (χ3n) is 10.4. The summed E-state index contributed by atoms with van der Waals surface area (Å²) in [6.45, 7) is 7.30. The van der Waals surface area contributed by atoms with Crippen molar-refractivity contribution < 1.29 is 19.0 Å². The van der Waals surface area contributed by atoms with Gasteiger partial charge in [-0.2, -0.15) is 15.1 Å². The van der Waals surface area contributed by atoms with Gasteiger partial charge in [0.1, 0.15) is 23.6 Å². The van der Waals surface area contributed by atoms with E-state index in [2.05, 4.69) is 28.1 Å². The Bertz CT molecular complexity index is 1750. The van der Waals surface area contributed by atoms with Gasteiger partial charge in [0.15, 0.2) is 5.82 Å². The third-order valence-corrected chi connectivity index (χ3v) is 10.4. The molecule has 0 bridgehead atoms. The summed E-state index contributed by atoms with van der Waals surface area (Å²) >= 11 is 0. The first-order chi connectivity index (χ1) is 21.2. The number of aromatic amines is 1. The Kier molecular flexibility index (Phi) is 6.59. The SMILES string of the molecule is CO[C@@H]1CN2CCC[C@@]2(COc2nc(N3CCC[C@@](C)(O)C3)c3cnc(-c4c(C5CC5)c(C)cc5[nH]ncc45)c(F)c3n2)C1. The van der Waals surface area contributed by atoms with Gasteiger partial charge in [-0.15, -0.1) is 0 Å². The normalized spacial score (nSPS) is 27.5. The molecule has 1 aliphatic carbocycles. The number of fused-ring (bicyclic) bond motifs is 3. The highest BCUT2D eigenvalue weighted by Crippen LogP contribution is 2.49. The summed E-state index contributed by atoms with van der Waals surface area (Å²) < 4.78 is 29.1. The summed E-state index contributed by atoms with van der Waals surface area (Å²) in [4.78, 5) is 18.8. The van der Waals surface area contributed by atoms with Crippen LogP contribution in [0, 0.1) is 12.7 Å². The molecule has 4 aromatic rings. The van der Waals surface area contributed by atoms with Crippen LogP contribution < -0.4 is 9.64 Å². The highest BCUT2D eigenvalue weighted by Gasteiger charge is 2.49. The van der Waals surface area contributed by atoms with E-state index in [1.807, 2.05) is 11.8 Å². The van der Waals surface area contributed by atoms with E-state index in [0.29, 0.717) is 43.2 Å². The zero-order valence-electron chi connectivity index (χ0n) is 25.7. The maximum absolute atomic E-state index is 17.0. The Morgan fingerprint density at radius 3 is 2.77 bits per heavy atom. The van der Waals surface area contributed by atoms with Crippen molar-refractivity contribution in [3.8, 4) is 17.3 Å². The molecule has 3 atom stereocenters. The van der Waals surface area contributed by atoms with Crippen molar-refractivity contribution in [1.82, 2.24) is 30.0 Å². The fraction of sp³-hybridized carbons (Fsp3) is 0.576. The minimum Gasteiger partial charge on any atom is -0.461 e. The Hall–Kier alpha value is -3.41. The zero-order valence-corrected chi connectivity index (χ0v) is 25.7. The molecule has 0 unspecified atom stereocenters. The van der Waals surface area contributed by atoms with Crippen molar-refractivity contribution in [2.45, 2.75) is 82.0 Å². The molecule has 0 radical (unpaired) electrons. The van der Waals surface area contributed by atoms with E-state index in [-0.39, 0.29) is 28.9 Å². The number of aryl methyl sites for hydroxylation is 1. The summed E-state index contributed by atoms with van der Waals surface area (Å²) in [5.41, 5.74) is 3.33. The number of benzene rings is 1. The number of hydrogen-bond donors (Lipinski definition) is 2. The van der Waals surface area contributed by atoms with Gasteiger partial charge in [-0.3, -0.25) is 15.0 Å². The second kappa shape index (κ2) is 10.3. The van der Waals surface area contributed by atoms with E-state index < -0.39 is 11.4 Å². The van der Waals surface area contributed by atoms with E-state index in [1.54, 1.807) is 19.5 Å². The number of anilines is 1. The Balaban J connectivity index is 1.26. The molecule has 4 aliphatic rings. The van der Waals surface area contributed by atoms with Crippen molar-refractivity contribution in [2.24, 2.45) is 0 Å². The van der Waals surface area contributed by atoms with Gasteiger partial charge in [0.25, 0.3) is 0 Å². The molecule has 3 saturated heterocycles.